The summed E-state index contributed by atoms with van der Waals surface area (Å²) in [7, 11) is -3.09. The molecule has 2 saturated heterocycles. The van der Waals surface area contributed by atoms with Gasteiger partial charge in [0.2, 0.25) is 0 Å². The van der Waals surface area contributed by atoms with Crippen LogP contribution in [0.1, 0.15) is 47.2 Å². The van der Waals surface area contributed by atoms with Crippen molar-refractivity contribution in [2.24, 2.45) is 0 Å². The van der Waals surface area contributed by atoms with Gasteiger partial charge in [0, 0.05) is 25.7 Å². The van der Waals surface area contributed by atoms with E-state index in [1.807, 2.05) is 0 Å². The number of nitrogens with zero attached hydrogens (tertiary/aromatic N) is 2. The molecule has 0 spiro atoms. The van der Waals surface area contributed by atoms with Gasteiger partial charge in [-0.05, 0) is 38.3 Å². The van der Waals surface area contributed by atoms with Crippen LogP contribution in [-0.2, 0) is 14.6 Å². The number of hydrogen-bond acceptors (Lipinski definition) is 6. The molecular formula is C18H25N3O5S. The maximum atomic E-state index is 12.8. The van der Waals surface area contributed by atoms with E-state index in [-0.39, 0.29) is 46.9 Å². The number of amides is 2. The number of pyridine rings is 1. The van der Waals surface area contributed by atoms with Crippen LogP contribution in [0.4, 0.5) is 0 Å². The lowest BCUT2D eigenvalue weighted by Crippen LogP contribution is -2.41. The number of rotatable bonds is 6. The number of ether oxygens (including phenoxy) is 1. The Morgan fingerprint density at radius 2 is 2.07 bits per heavy atom. The molecule has 1 N–H and O–H groups in total. The fraction of sp³-hybridized carbons (Fsp3) is 0.611. The van der Waals surface area contributed by atoms with Gasteiger partial charge in [-0.1, -0.05) is 6.07 Å². The van der Waals surface area contributed by atoms with Gasteiger partial charge in [0.15, 0.2) is 9.84 Å². The highest BCUT2D eigenvalue weighted by Gasteiger charge is 2.34. The van der Waals surface area contributed by atoms with E-state index in [4.69, 9.17) is 4.74 Å². The molecule has 0 aliphatic carbocycles. The van der Waals surface area contributed by atoms with Crippen LogP contribution >= 0.6 is 0 Å². The van der Waals surface area contributed by atoms with Gasteiger partial charge in [-0.15, -0.1) is 0 Å². The van der Waals surface area contributed by atoms with E-state index >= 15 is 0 Å². The fourth-order valence-corrected chi connectivity index (χ4v) is 5.25. The van der Waals surface area contributed by atoms with Gasteiger partial charge >= 0.3 is 0 Å². The summed E-state index contributed by atoms with van der Waals surface area (Å²) in [6.07, 6.45) is 2.37. The molecule has 2 fully saturated rings. The first-order valence-electron chi connectivity index (χ1n) is 9.28. The monoisotopic (exact) mass is 395 g/mol. The van der Waals surface area contributed by atoms with Gasteiger partial charge in [-0.25, -0.2) is 13.4 Å². The molecule has 9 heteroatoms. The summed E-state index contributed by atoms with van der Waals surface area (Å²) in [4.78, 5) is 30.9. The molecule has 8 nitrogen and oxygen atoms in total. The summed E-state index contributed by atoms with van der Waals surface area (Å²) in [5, 5.41) is 2.79. The molecule has 0 aromatic carbocycles. The molecule has 3 heterocycles. The Bertz CT molecular complexity index is 805. The van der Waals surface area contributed by atoms with Crippen LogP contribution in [0, 0.1) is 0 Å². The zero-order chi connectivity index (χ0) is 19.4. The molecule has 0 radical (unpaired) electrons. The summed E-state index contributed by atoms with van der Waals surface area (Å²) in [5.74, 6) is -0.630. The number of sulfone groups is 1. The van der Waals surface area contributed by atoms with E-state index in [2.05, 4.69) is 10.3 Å². The lowest BCUT2D eigenvalue weighted by atomic mass is 10.2. The Labute approximate surface area is 159 Å². The minimum Gasteiger partial charge on any atom is -0.376 e. The van der Waals surface area contributed by atoms with Crippen molar-refractivity contribution in [3.8, 4) is 0 Å². The highest BCUT2D eigenvalue weighted by atomic mass is 32.2. The predicted octanol–water partition coefficient (Wildman–Crippen LogP) is 0.640. The van der Waals surface area contributed by atoms with E-state index in [9.17, 15) is 18.0 Å². The zero-order valence-corrected chi connectivity index (χ0v) is 16.2. The predicted molar refractivity (Wildman–Crippen MR) is 99.3 cm³/mol. The Morgan fingerprint density at radius 3 is 2.70 bits per heavy atom. The molecule has 1 aromatic heterocycles. The van der Waals surface area contributed by atoms with Crippen molar-refractivity contribution in [3.05, 3.63) is 29.6 Å². The van der Waals surface area contributed by atoms with E-state index < -0.39 is 9.84 Å². The molecule has 1 aromatic rings. The Morgan fingerprint density at radius 1 is 1.30 bits per heavy atom. The van der Waals surface area contributed by atoms with Gasteiger partial charge in [0.1, 0.15) is 11.4 Å². The standard InChI is InChI=1S/C18H25N3O5S/c1-2-21(13-8-10-27(24,25)12-13)18(23)16-7-3-6-15(20-16)17(22)19-11-14-5-4-9-26-14/h3,6-7,13-14H,2,4-5,8-12H2,1H3,(H,19,22). The van der Waals surface area contributed by atoms with Gasteiger partial charge in [0.25, 0.3) is 11.8 Å². The van der Waals surface area contributed by atoms with Crippen LogP contribution in [-0.4, -0.2) is 73.5 Å². The molecular weight excluding hydrogens is 370 g/mol. The van der Waals surface area contributed by atoms with Crippen LogP contribution in [0.25, 0.3) is 0 Å². The third-order valence-electron chi connectivity index (χ3n) is 4.97. The normalized spacial score (nSPS) is 23.9. The van der Waals surface area contributed by atoms with Gasteiger partial charge in [-0.3, -0.25) is 9.59 Å². The molecule has 2 atom stereocenters. The zero-order valence-electron chi connectivity index (χ0n) is 15.4. The van der Waals surface area contributed by atoms with Crippen molar-refractivity contribution in [1.82, 2.24) is 15.2 Å². The summed E-state index contributed by atoms with van der Waals surface area (Å²) >= 11 is 0. The van der Waals surface area contributed by atoms with E-state index in [0.717, 1.165) is 12.8 Å². The first-order chi connectivity index (χ1) is 12.9. The SMILES string of the molecule is CCN(C(=O)c1cccc(C(=O)NCC2CCCO2)n1)C1CCS(=O)(=O)C1. The molecule has 2 amide bonds. The van der Waals surface area contributed by atoms with Crippen LogP contribution in [0.3, 0.4) is 0 Å². The molecule has 27 heavy (non-hydrogen) atoms. The minimum atomic E-state index is -3.09. The average molecular weight is 395 g/mol. The van der Waals surface area contributed by atoms with E-state index in [0.29, 0.717) is 26.1 Å². The molecule has 0 saturated carbocycles. The molecule has 2 aliphatic rings. The summed E-state index contributed by atoms with van der Waals surface area (Å²) in [6.45, 7) is 3.32. The smallest absolute Gasteiger partial charge is 0.272 e. The van der Waals surface area contributed by atoms with Crippen LogP contribution < -0.4 is 5.32 Å². The van der Waals surface area contributed by atoms with Crippen molar-refractivity contribution < 1.29 is 22.7 Å². The Kier molecular flexibility index (Phi) is 6.11. The quantitative estimate of drug-likeness (QED) is 0.758. The Balaban J connectivity index is 1.67. The topological polar surface area (TPSA) is 106 Å². The molecule has 3 rings (SSSR count). The van der Waals surface area contributed by atoms with Gasteiger partial charge < -0.3 is 15.0 Å². The Hall–Kier alpha value is -2.00. The van der Waals surface area contributed by atoms with Gasteiger partial charge in [-0.2, -0.15) is 0 Å². The average Bonchev–Trinajstić information content (AvgIpc) is 3.30. The largest absolute Gasteiger partial charge is 0.376 e. The first kappa shape index (κ1) is 19.8. The van der Waals surface area contributed by atoms with E-state index in [1.165, 1.54) is 4.90 Å². The van der Waals surface area contributed by atoms with Crippen molar-refractivity contribution >= 4 is 21.7 Å². The minimum absolute atomic E-state index is 0.0197. The van der Waals surface area contributed by atoms with Crippen molar-refractivity contribution in [2.45, 2.75) is 38.3 Å². The lowest BCUT2D eigenvalue weighted by molar-refractivity contribution is 0.0702. The first-order valence-corrected chi connectivity index (χ1v) is 11.1. The number of carbonyl (C=O) groups excluding carboxylic acids is 2. The molecule has 2 aliphatic heterocycles. The highest BCUT2D eigenvalue weighted by molar-refractivity contribution is 7.91. The summed E-state index contributed by atoms with van der Waals surface area (Å²) in [5.41, 5.74) is 0.305. The number of carbonyl (C=O) groups is 2. The summed E-state index contributed by atoms with van der Waals surface area (Å²) in [6, 6.07) is 4.37. The van der Waals surface area contributed by atoms with Gasteiger partial charge in [0.05, 0.1) is 17.6 Å². The van der Waals surface area contributed by atoms with E-state index in [1.54, 1.807) is 25.1 Å². The van der Waals surface area contributed by atoms with Crippen molar-refractivity contribution in [1.29, 1.82) is 0 Å². The molecule has 2 unspecified atom stereocenters. The second-order valence-corrected chi connectivity index (χ2v) is 9.13. The fourth-order valence-electron chi connectivity index (χ4n) is 3.52. The number of aromatic nitrogens is 1. The van der Waals surface area contributed by atoms with Crippen LogP contribution in [0.15, 0.2) is 18.2 Å². The third-order valence-corrected chi connectivity index (χ3v) is 6.72. The highest BCUT2D eigenvalue weighted by Crippen LogP contribution is 2.19. The molecule has 0 bridgehead atoms. The van der Waals surface area contributed by atoms with Crippen LogP contribution in [0.5, 0.6) is 0 Å². The second kappa shape index (κ2) is 8.35. The second-order valence-electron chi connectivity index (χ2n) is 6.90. The van der Waals surface area contributed by atoms with Crippen LogP contribution in [0.2, 0.25) is 0 Å². The third kappa shape index (κ3) is 4.84. The number of nitrogens with one attached hydrogen (secondary N) is 1. The number of hydrogen-bond donors (Lipinski definition) is 1. The summed E-state index contributed by atoms with van der Waals surface area (Å²) < 4.78 is 28.9. The van der Waals surface area contributed by atoms with Crippen molar-refractivity contribution in [2.75, 3.05) is 31.2 Å². The van der Waals surface area contributed by atoms with Crippen molar-refractivity contribution in [3.63, 3.8) is 0 Å². The lowest BCUT2D eigenvalue weighted by Gasteiger charge is -2.26. The molecule has 148 valence electrons. The maximum absolute atomic E-state index is 12.8. The maximum Gasteiger partial charge on any atom is 0.272 e.